The molecule has 0 heterocycles. The molecule has 0 amide bonds. The van der Waals surface area contributed by atoms with Crippen LogP contribution in [0.1, 0.15) is 41.5 Å². The SMILES string of the molecule is CC(C)COC(=O)/C=C/C(=O)OC(C(C)C)C(C)C. The molecule has 0 N–H and O–H groups in total. The summed E-state index contributed by atoms with van der Waals surface area (Å²) in [6, 6.07) is 0. The van der Waals surface area contributed by atoms with Gasteiger partial charge in [-0.25, -0.2) is 9.59 Å². The third-order valence-corrected chi connectivity index (χ3v) is 2.48. The lowest BCUT2D eigenvalue weighted by Gasteiger charge is -2.24. The molecule has 4 heteroatoms. The molecule has 19 heavy (non-hydrogen) atoms. The Kier molecular flexibility index (Phi) is 8.12. The highest BCUT2D eigenvalue weighted by Crippen LogP contribution is 2.16. The minimum absolute atomic E-state index is 0.149. The summed E-state index contributed by atoms with van der Waals surface area (Å²) in [5, 5.41) is 0. The zero-order chi connectivity index (χ0) is 15.0. The second kappa shape index (κ2) is 8.73. The first-order chi connectivity index (χ1) is 8.73. The van der Waals surface area contributed by atoms with Crippen LogP contribution in [0.5, 0.6) is 0 Å². The molecule has 0 aliphatic heterocycles. The molecule has 0 aromatic heterocycles. The van der Waals surface area contributed by atoms with E-state index in [1.54, 1.807) is 0 Å². The zero-order valence-electron chi connectivity index (χ0n) is 12.8. The number of hydrogen-bond acceptors (Lipinski definition) is 4. The van der Waals surface area contributed by atoms with Crippen molar-refractivity contribution in [1.29, 1.82) is 0 Å². The van der Waals surface area contributed by atoms with E-state index in [1.165, 1.54) is 0 Å². The molecule has 0 bridgehead atoms. The van der Waals surface area contributed by atoms with E-state index in [1.807, 2.05) is 41.5 Å². The Balaban J connectivity index is 4.25. The highest BCUT2D eigenvalue weighted by molar-refractivity contribution is 5.91. The van der Waals surface area contributed by atoms with Gasteiger partial charge in [0.05, 0.1) is 6.61 Å². The first kappa shape index (κ1) is 17.7. The Morgan fingerprint density at radius 1 is 0.895 bits per heavy atom. The van der Waals surface area contributed by atoms with E-state index < -0.39 is 11.9 Å². The quantitative estimate of drug-likeness (QED) is 0.527. The fourth-order valence-electron chi connectivity index (χ4n) is 1.65. The van der Waals surface area contributed by atoms with E-state index in [-0.39, 0.29) is 23.9 Å². The maximum Gasteiger partial charge on any atom is 0.331 e. The van der Waals surface area contributed by atoms with Crippen molar-refractivity contribution in [1.82, 2.24) is 0 Å². The molecule has 0 aromatic carbocycles. The van der Waals surface area contributed by atoms with Crippen LogP contribution >= 0.6 is 0 Å². The molecule has 0 rings (SSSR count). The lowest BCUT2D eigenvalue weighted by atomic mass is 9.96. The van der Waals surface area contributed by atoms with Crippen molar-refractivity contribution in [2.24, 2.45) is 17.8 Å². The van der Waals surface area contributed by atoms with Crippen LogP contribution in [0.25, 0.3) is 0 Å². The summed E-state index contributed by atoms with van der Waals surface area (Å²) in [5.74, 6) is -0.267. The largest absolute Gasteiger partial charge is 0.462 e. The molecule has 0 fully saturated rings. The maximum atomic E-state index is 11.6. The summed E-state index contributed by atoms with van der Waals surface area (Å²) in [5.41, 5.74) is 0. The summed E-state index contributed by atoms with van der Waals surface area (Å²) >= 11 is 0. The molecule has 0 atom stereocenters. The number of carbonyl (C=O) groups excluding carboxylic acids is 2. The predicted molar refractivity (Wildman–Crippen MR) is 74.5 cm³/mol. The van der Waals surface area contributed by atoms with Crippen LogP contribution in [0.15, 0.2) is 12.2 Å². The standard InChI is InChI=1S/C15H26O4/c1-10(2)9-18-13(16)7-8-14(17)19-15(11(3)4)12(5)6/h7-8,10-12,15H,9H2,1-6H3/b8-7+. The molecule has 0 aliphatic rings. The van der Waals surface area contributed by atoms with E-state index in [9.17, 15) is 9.59 Å². The second-order valence-electron chi connectivity index (χ2n) is 5.75. The normalized spacial score (nSPS) is 11.9. The summed E-state index contributed by atoms with van der Waals surface area (Å²) in [6.45, 7) is 12.2. The van der Waals surface area contributed by atoms with Gasteiger partial charge >= 0.3 is 11.9 Å². The third-order valence-electron chi connectivity index (χ3n) is 2.48. The van der Waals surface area contributed by atoms with Gasteiger partial charge in [0.15, 0.2) is 0 Å². The van der Waals surface area contributed by atoms with Crippen LogP contribution in [-0.2, 0) is 19.1 Å². The molecular formula is C15H26O4. The van der Waals surface area contributed by atoms with Crippen LogP contribution in [-0.4, -0.2) is 24.6 Å². The Morgan fingerprint density at radius 2 is 1.37 bits per heavy atom. The van der Waals surface area contributed by atoms with Crippen LogP contribution < -0.4 is 0 Å². The predicted octanol–water partition coefficient (Wildman–Crippen LogP) is 2.97. The minimum atomic E-state index is -0.517. The Hall–Kier alpha value is -1.32. The number of ether oxygens (including phenoxy) is 2. The van der Waals surface area contributed by atoms with Crippen LogP contribution in [0, 0.1) is 17.8 Å². The first-order valence-electron chi connectivity index (χ1n) is 6.79. The summed E-state index contributed by atoms with van der Waals surface area (Å²) < 4.78 is 10.2. The molecule has 0 radical (unpaired) electrons. The maximum absolute atomic E-state index is 11.6. The van der Waals surface area contributed by atoms with Gasteiger partial charge in [0, 0.05) is 12.2 Å². The van der Waals surface area contributed by atoms with Crippen molar-refractivity contribution in [3.8, 4) is 0 Å². The van der Waals surface area contributed by atoms with Crippen LogP contribution in [0.2, 0.25) is 0 Å². The second-order valence-corrected chi connectivity index (χ2v) is 5.75. The van der Waals surface area contributed by atoms with Crippen molar-refractivity contribution >= 4 is 11.9 Å². The van der Waals surface area contributed by atoms with Gasteiger partial charge in [0.2, 0.25) is 0 Å². The molecule has 0 saturated heterocycles. The first-order valence-corrected chi connectivity index (χ1v) is 6.79. The lowest BCUT2D eigenvalue weighted by Crippen LogP contribution is -2.28. The summed E-state index contributed by atoms with van der Waals surface area (Å²) in [6.07, 6.45) is 2.09. The molecule has 0 unspecified atom stereocenters. The topological polar surface area (TPSA) is 52.6 Å². The summed E-state index contributed by atoms with van der Waals surface area (Å²) in [7, 11) is 0. The number of carbonyl (C=O) groups is 2. The van der Waals surface area contributed by atoms with Crippen LogP contribution in [0.4, 0.5) is 0 Å². The third kappa shape index (κ3) is 8.41. The zero-order valence-corrected chi connectivity index (χ0v) is 12.8. The van der Waals surface area contributed by atoms with Crippen molar-refractivity contribution in [2.75, 3.05) is 6.61 Å². The fourth-order valence-corrected chi connectivity index (χ4v) is 1.65. The van der Waals surface area contributed by atoms with Gasteiger partial charge in [-0.3, -0.25) is 0 Å². The van der Waals surface area contributed by atoms with Crippen molar-refractivity contribution in [3.05, 3.63) is 12.2 Å². The lowest BCUT2D eigenvalue weighted by molar-refractivity contribution is -0.148. The molecule has 0 spiro atoms. The molecule has 4 nitrogen and oxygen atoms in total. The number of esters is 2. The molecule has 0 aliphatic carbocycles. The van der Waals surface area contributed by atoms with Gasteiger partial charge in [0.1, 0.15) is 6.10 Å². The smallest absolute Gasteiger partial charge is 0.331 e. The van der Waals surface area contributed by atoms with Gasteiger partial charge < -0.3 is 9.47 Å². The Morgan fingerprint density at radius 3 is 1.79 bits per heavy atom. The average Bonchev–Trinajstić information content (AvgIpc) is 2.29. The number of rotatable bonds is 7. The Labute approximate surface area is 116 Å². The van der Waals surface area contributed by atoms with E-state index in [0.29, 0.717) is 6.61 Å². The van der Waals surface area contributed by atoms with Gasteiger partial charge in [-0.2, -0.15) is 0 Å². The van der Waals surface area contributed by atoms with E-state index in [0.717, 1.165) is 12.2 Å². The molecule has 0 aromatic rings. The highest BCUT2D eigenvalue weighted by atomic mass is 16.5. The van der Waals surface area contributed by atoms with Crippen molar-refractivity contribution < 1.29 is 19.1 Å². The molecule has 0 saturated carbocycles. The monoisotopic (exact) mass is 270 g/mol. The fraction of sp³-hybridized carbons (Fsp3) is 0.733. The van der Waals surface area contributed by atoms with Gasteiger partial charge in [0.25, 0.3) is 0 Å². The van der Waals surface area contributed by atoms with E-state index in [4.69, 9.17) is 9.47 Å². The van der Waals surface area contributed by atoms with Gasteiger partial charge in [-0.15, -0.1) is 0 Å². The minimum Gasteiger partial charge on any atom is -0.462 e. The van der Waals surface area contributed by atoms with Crippen LogP contribution in [0.3, 0.4) is 0 Å². The van der Waals surface area contributed by atoms with Crippen molar-refractivity contribution in [2.45, 2.75) is 47.6 Å². The molecular weight excluding hydrogens is 244 g/mol. The molecule has 110 valence electrons. The Bertz CT molecular complexity index is 308. The highest BCUT2D eigenvalue weighted by Gasteiger charge is 2.20. The van der Waals surface area contributed by atoms with Crippen molar-refractivity contribution in [3.63, 3.8) is 0 Å². The summed E-state index contributed by atoms with van der Waals surface area (Å²) in [4.78, 5) is 22.9. The van der Waals surface area contributed by atoms with E-state index in [2.05, 4.69) is 0 Å². The van der Waals surface area contributed by atoms with Gasteiger partial charge in [-0.05, 0) is 17.8 Å². The van der Waals surface area contributed by atoms with E-state index >= 15 is 0 Å². The van der Waals surface area contributed by atoms with Gasteiger partial charge in [-0.1, -0.05) is 41.5 Å². The number of hydrogen-bond donors (Lipinski definition) is 0. The average molecular weight is 270 g/mol.